The molecule has 140 valence electrons. The molecule has 2 N–H and O–H groups in total. The summed E-state index contributed by atoms with van der Waals surface area (Å²) < 4.78 is 6.04. The Morgan fingerprint density at radius 2 is 1.85 bits per heavy atom. The zero-order chi connectivity index (χ0) is 18.5. The summed E-state index contributed by atoms with van der Waals surface area (Å²) in [6.07, 6.45) is 1.74. The molecule has 0 aliphatic carbocycles. The summed E-state index contributed by atoms with van der Waals surface area (Å²) in [4.78, 5) is 27.5. The van der Waals surface area contributed by atoms with Crippen molar-refractivity contribution in [2.75, 3.05) is 6.61 Å². The maximum atomic E-state index is 12.1. The van der Waals surface area contributed by atoms with Crippen LogP contribution in [0.5, 0.6) is 5.75 Å². The van der Waals surface area contributed by atoms with Crippen LogP contribution in [-0.4, -0.2) is 28.8 Å². The second-order valence-corrected chi connectivity index (χ2v) is 7.16. The van der Waals surface area contributed by atoms with Crippen molar-refractivity contribution in [3.63, 3.8) is 0 Å². The number of carbonyl (C=O) groups excluding carboxylic acids is 1. The van der Waals surface area contributed by atoms with Gasteiger partial charge < -0.3 is 15.2 Å². The first kappa shape index (κ1) is 21.0. The van der Waals surface area contributed by atoms with Gasteiger partial charge in [0, 0.05) is 4.47 Å². The minimum atomic E-state index is -1.03. The quantitative estimate of drug-likeness (QED) is 0.640. The molecule has 9 heteroatoms. The lowest BCUT2D eigenvalue weighted by Gasteiger charge is -2.03. The van der Waals surface area contributed by atoms with E-state index in [1.54, 1.807) is 30.3 Å². The fourth-order valence-electron chi connectivity index (χ4n) is 2.07. The number of carbonyl (C=O) groups is 2. The van der Waals surface area contributed by atoms with Gasteiger partial charge in [-0.2, -0.15) is 0 Å². The van der Waals surface area contributed by atoms with Crippen LogP contribution in [0, 0.1) is 0 Å². The molecule has 3 rings (SSSR count). The summed E-state index contributed by atoms with van der Waals surface area (Å²) in [7, 11) is 0. The third kappa shape index (κ3) is 6.13. The molecule has 1 heterocycles. The molecule has 0 saturated carbocycles. The lowest BCUT2D eigenvalue weighted by molar-refractivity contribution is -0.139. The van der Waals surface area contributed by atoms with Gasteiger partial charge in [0.25, 0.3) is 5.91 Å². The van der Waals surface area contributed by atoms with Crippen LogP contribution in [0.3, 0.4) is 0 Å². The summed E-state index contributed by atoms with van der Waals surface area (Å²) in [6, 6.07) is 14.3. The van der Waals surface area contributed by atoms with Gasteiger partial charge in [-0.25, -0.2) is 9.79 Å². The van der Waals surface area contributed by atoms with Gasteiger partial charge in [-0.15, -0.1) is 12.4 Å². The van der Waals surface area contributed by atoms with Gasteiger partial charge in [0.2, 0.25) is 0 Å². The van der Waals surface area contributed by atoms with Gasteiger partial charge >= 0.3 is 5.97 Å². The molecule has 1 amide bonds. The zero-order valence-corrected chi connectivity index (χ0v) is 16.9. The van der Waals surface area contributed by atoms with E-state index in [4.69, 9.17) is 9.84 Å². The highest BCUT2D eigenvalue weighted by Crippen LogP contribution is 2.28. The molecule has 1 saturated heterocycles. The fourth-order valence-corrected chi connectivity index (χ4v) is 3.18. The van der Waals surface area contributed by atoms with E-state index >= 15 is 0 Å². The van der Waals surface area contributed by atoms with Crippen LogP contribution >= 0.6 is 40.1 Å². The van der Waals surface area contributed by atoms with E-state index in [2.05, 4.69) is 26.2 Å². The Balaban J connectivity index is 0.00000261. The molecule has 0 aromatic heterocycles. The summed E-state index contributed by atoms with van der Waals surface area (Å²) in [5, 5.41) is 11.9. The third-order valence-electron chi connectivity index (χ3n) is 3.25. The number of benzene rings is 2. The number of rotatable bonds is 5. The average Bonchev–Trinajstić information content (AvgIpc) is 2.95. The van der Waals surface area contributed by atoms with E-state index in [0.717, 1.165) is 15.7 Å². The molecular weight excluding hydrogens is 456 g/mol. The number of carboxylic acids is 1. The second kappa shape index (κ2) is 9.59. The van der Waals surface area contributed by atoms with Crippen LogP contribution in [0.25, 0.3) is 6.08 Å². The van der Waals surface area contributed by atoms with E-state index < -0.39 is 12.6 Å². The normalized spacial score (nSPS) is 16.1. The number of halogens is 2. The summed E-state index contributed by atoms with van der Waals surface area (Å²) in [5.74, 6) is -0.791. The number of nitrogens with one attached hydrogen (secondary N) is 1. The first-order valence-corrected chi connectivity index (χ1v) is 9.10. The van der Waals surface area contributed by atoms with Crippen molar-refractivity contribution in [1.82, 2.24) is 5.32 Å². The first-order chi connectivity index (χ1) is 12.5. The predicted molar refractivity (Wildman–Crippen MR) is 112 cm³/mol. The van der Waals surface area contributed by atoms with Crippen LogP contribution in [0.1, 0.15) is 5.56 Å². The summed E-state index contributed by atoms with van der Waals surface area (Å²) in [5.41, 5.74) is 1.55. The van der Waals surface area contributed by atoms with Gasteiger partial charge in [-0.05, 0) is 59.8 Å². The summed E-state index contributed by atoms with van der Waals surface area (Å²) >= 11 is 4.63. The molecule has 0 spiro atoms. The standard InChI is InChI=1S/C18H13BrN2O4S.ClH/c19-12-3-5-13(6-4-12)20-18-21-17(24)15(26-18)9-11-1-7-14(8-2-11)25-10-16(22)23;/h1-9H,10H2,(H,22,23)(H,20,21,24);1H/b15-9-;. The van der Waals surface area contributed by atoms with Crippen molar-refractivity contribution in [3.05, 3.63) is 63.5 Å². The SMILES string of the molecule is Cl.O=C(O)COc1ccc(/C=C2\SC(=Nc3ccc(Br)cc3)NC2=O)cc1. The van der Waals surface area contributed by atoms with Crippen LogP contribution in [0.4, 0.5) is 5.69 Å². The maximum absolute atomic E-state index is 12.1. The minimum absolute atomic E-state index is 0. The van der Waals surface area contributed by atoms with E-state index in [-0.39, 0.29) is 18.3 Å². The van der Waals surface area contributed by atoms with Crippen LogP contribution in [0.2, 0.25) is 0 Å². The number of thioether (sulfide) groups is 1. The Kier molecular flexibility index (Phi) is 7.46. The number of aliphatic imine (C=N–C) groups is 1. The molecule has 2 aromatic rings. The summed E-state index contributed by atoms with van der Waals surface area (Å²) in [6.45, 7) is -0.394. The van der Waals surface area contributed by atoms with Crippen molar-refractivity contribution in [1.29, 1.82) is 0 Å². The van der Waals surface area contributed by atoms with Gasteiger partial charge in [-0.1, -0.05) is 28.1 Å². The number of aliphatic carboxylic acids is 1. The second-order valence-electron chi connectivity index (χ2n) is 5.21. The minimum Gasteiger partial charge on any atom is -0.482 e. The van der Waals surface area contributed by atoms with Gasteiger partial charge in [-0.3, -0.25) is 4.79 Å². The molecule has 27 heavy (non-hydrogen) atoms. The van der Waals surface area contributed by atoms with Crippen molar-refractivity contribution < 1.29 is 19.4 Å². The number of carboxylic acid groups (broad SMARTS) is 1. The number of amides is 1. The van der Waals surface area contributed by atoms with Crippen LogP contribution < -0.4 is 10.1 Å². The molecule has 0 radical (unpaired) electrons. The highest BCUT2D eigenvalue weighted by Gasteiger charge is 2.23. The van der Waals surface area contributed by atoms with Crippen LogP contribution in [0.15, 0.2) is 62.9 Å². The highest BCUT2D eigenvalue weighted by molar-refractivity contribution is 9.10. The monoisotopic (exact) mass is 468 g/mol. The smallest absolute Gasteiger partial charge is 0.341 e. The Morgan fingerprint density at radius 1 is 1.19 bits per heavy atom. The topological polar surface area (TPSA) is 88.0 Å². The van der Waals surface area contributed by atoms with E-state index in [1.807, 2.05) is 24.3 Å². The molecular formula is C18H14BrClN2O4S. The molecule has 6 nitrogen and oxygen atoms in total. The van der Waals surface area contributed by atoms with E-state index in [0.29, 0.717) is 15.8 Å². The molecule has 0 bridgehead atoms. The first-order valence-electron chi connectivity index (χ1n) is 7.49. The zero-order valence-electron chi connectivity index (χ0n) is 13.7. The fraction of sp³-hybridized carbons (Fsp3) is 0.0556. The Bertz CT molecular complexity index is 899. The number of hydrogen-bond donors (Lipinski definition) is 2. The Morgan fingerprint density at radius 3 is 2.48 bits per heavy atom. The highest BCUT2D eigenvalue weighted by atomic mass is 79.9. The van der Waals surface area contributed by atoms with Gasteiger partial charge in [0.1, 0.15) is 5.75 Å². The van der Waals surface area contributed by atoms with E-state index in [9.17, 15) is 9.59 Å². The predicted octanol–water partition coefficient (Wildman–Crippen LogP) is 4.23. The lowest BCUT2D eigenvalue weighted by Crippen LogP contribution is -2.19. The van der Waals surface area contributed by atoms with E-state index in [1.165, 1.54) is 11.8 Å². The van der Waals surface area contributed by atoms with Gasteiger partial charge in [0.05, 0.1) is 10.6 Å². The number of amidine groups is 1. The van der Waals surface area contributed by atoms with Crippen molar-refractivity contribution in [2.24, 2.45) is 4.99 Å². The Labute approximate surface area is 174 Å². The molecule has 1 aliphatic rings. The molecule has 0 atom stereocenters. The number of hydrogen-bond acceptors (Lipinski definition) is 5. The maximum Gasteiger partial charge on any atom is 0.341 e. The largest absolute Gasteiger partial charge is 0.482 e. The van der Waals surface area contributed by atoms with Gasteiger partial charge in [0.15, 0.2) is 11.8 Å². The molecule has 0 unspecified atom stereocenters. The van der Waals surface area contributed by atoms with Crippen LogP contribution in [-0.2, 0) is 9.59 Å². The van der Waals surface area contributed by atoms with Crippen molar-refractivity contribution in [3.8, 4) is 5.75 Å². The number of ether oxygens (including phenoxy) is 1. The molecule has 2 aromatic carbocycles. The van der Waals surface area contributed by atoms with Crippen molar-refractivity contribution >= 4 is 68.9 Å². The average molecular weight is 470 g/mol. The molecule has 1 aliphatic heterocycles. The lowest BCUT2D eigenvalue weighted by atomic mass is 10.2. The number of nitrogens with zero attached hydrogens (tertiary/aromatic N) is 1. The third-order valence-corrected chi connectivity index (χ3v) is 4.69. The van der Waals surface area contributed by atoms with Crippen molar-refractivity contribution in [2.45, 2.75) is 0 Å². The molecule has 1 fully saturated rings. The Hall–Kier alpha value is -2.29.